The van der Waals surface area contributed by atoms with Gasteiger partial charge >= 0.3 is 5.97 Å². The number of phenolic OH excluding ortho intramolecular Hbond substituents is 2. The van der Waals surface area contributed by atoms with Gasteiger partial charge in [-0.15, -0.1) is 0 Å². The van der Waals surface area contributed by atoms with Gasteiger partial charge in [0.05, 0.1) is 10.6 Å². The second-order valence-electron chi connectivity index (χ2n) is 5.51. The molecule has 0 saturated carbocycles. The summed E-state index contributed by atoms with van der Waals surface area (Å²) in [5.74, 6) is -0.936. The monoisotopic (exact) mass is 335 g/mol. The van der Waals surface area contributed by atoms with Crippen molar-refractivity contribution in [3.63, 3.8) is 0 Å². The third kappa shape index (κ3) is 3.68. The topological polar surface area (TPSA) is 89.8 Å². The molecule has 0 saturated heterocycles. The average Bonchev–Trinajstić information content (AvgIpc) is 2.47. The standard InChI is InChI=1S/C17H18ClNO4/c1-9(2)15-13(5-4-12(16(15)18)17(22)23)19-8-10-7-11(20)3-6-14(10)21/h3-7,9,19-21H,8H2,1-2H3,(H,22,23). The van der Waals surface area contributed by atoms with Gasteiger partial charge in [0.2, 0.25) is 0 Å². The van der Waals surface area contributed by atoms with Crippen molar-refractivity contribution in [3.8, 4) is 11.5 Å². The summed E-state index contributed by atoms with van der Waals surface area (Å²) in [5, 5.41) is 31.8. The number of anilines is 1. The Kier molecular flexibility index (Phi) is 5.01. The van der Waals surface area contributed by atoms with Crippen molar-refractivity contribution in [1.29, 1.82) is 0 Å². The Morgan fingerprint density at radius 1 is 1.22 bits per heavy atom. The van der Waals surface area contributed by atoms with Crippen LogP contribution in [0.25, 0.3) is 0 Å². The summed E-state index contributed by atoms with van der Waals surface area (Å²) in [4.78, 5) is 11.2. The Bertz CT molecular complexity index is 744. The minimum absolute atomic E-state index is 0.0158. The van der Waals surface area contributed by atoms with Crippen LogP contribution in [0.15, 0.2) is 30.3 Å². The molecule has 0 aliphatic heterocycles. The highest BCUT2D eigenvalue weighted by molar-refractivity contribution is 6.34. The number of carboxylic acids is 1. The van der Waals surface area contributed by atoms with Crippen LogP contribution in [0.2, 0.25) is 5.02 Å². The van der Waals surface area contributed by atoms with Crippen LogP contribution < -0.4 is 5.32 Å². The molecule has 5 nitrogen and oxygen atoms in total. The molecule has 0 aliphatic rings. The summed E-state index contributed by atoms with van der Waals surface area (Å²) >= 11 is 6.23. The zero-order chi connectivity index (χ0) is 17.1. The van der Waals surface area contributed by atoms with E-state index in [1.807, 2.05) is 13.8 Å². The van der Waals surface area contributed by atoms with Crippen molar-refractivity contribution in [2.45, 2.75) is 26.3 Å². The van der Waals surface area contributed by atoms with Gasteiger partial charge in [-0.2, -0.15) is 0 Å². The lowest BCUT2D eigenvalue weighted by Gasteiger charge is -2.18. The molecule has 0 amide bonds. The fourth-order valence-corrected chi connectivity index (χ4v) is 2.84. The van der Waals surface area contributed by atoms with E-state index < -0.39 is 5.97 Å². The van der Waals surface area contributed by atoms with Crippen LogP contribution in [0.4, 0.5) is 5.69 Å². The Hall–Kier alpha value is -2.40. The molecule has 0 spiro atoms. The highest BCUT2D eigenvalue weighted by atomic mass is 35.5. The summed E-state index contributed by atoms with van der Waals surface area (Å²) < 4.78 is 0. The fourth-order valence-electron chi connectivity index (χ4n) is 2.38. The van der Waals surface area contributed by atoms with Crippen LogP contribution in [0.3, 0.4) is 0 Å². The molecule has 0 bridgehead atoms. The van der Waals surface area contributed by atoms with E-state index in [0.717, 1.165) is 0 Å². The zero-order valence-corrected chi connectivity index (χ0v) is 13.6. The van der Waals surface area contributed by atoms with Gasteiger partial charge < -0.3 is 20.6 Å². The smallest absolute Gasteiger partial charge is 0.337 e. The van der Waals surface area contributed by atoms with Crippen molar-refractivity contribution in [2.75, 3.05) is 5.32 Å². The quantitative estimate of drug-likeness (QED) is 0.615. The average molecular weight is 336 g/mol. The van der Waals surface area contributed by atoms with E-state index in [1.54, 1.807) is 6.07 Å². The lowest BCUT2D eigenvalue weighted by molar-refractivity contribution is 0.0697. The van der Waals surface area contributed by atoms with E-state index in [-0.39, 0.29) is 34.5 Å². The number of aromatic carboxylic acids is 1. The maximum atomic E-state index is 11.2. The molecular weight excluding hydrogens is 318 g/mol. The van der Waals surface area contributed by atoms with E-state index in [9.17, 15) is 20.1 Å². The van der Waals surface area contributed by atoms with Gasteiger partial charge in [-0.05, 0) is 41.8 Å². The number of carbonyl (C=O) groups is 1. The van der Waals surface area contributed by atoms with E-state index in [0.29, 0.717) is 16.8 Å². The number of hydrogen-bond acceptors (Lipinski definition) is 4. The molecule has 0 aliphatic carbocycles. The molecule has 0 aromatic heterocycles. The van der Waals surface area contributed by atoms with Crippen molar-refractivity contribution in [1.82, 2.24) is 0 Å². The molecule has 0 radical (unpaired) electrons. The van der Waals surface area contributed by atoms with E-state index in [2.05, 4.69) is 5.32 Å². The van der Waals surface area contributed by atoms with Crippen LogP contribution in [0.5, 0.6) is 11.5 Å². The predicted octanol–water partition coefficient (Wildman–Crippen LogP) is 4.18. The number of aromatic hydroxyl groups is 2. The first-order valence-electron chi connectivity index (χ1n) is 7.11. The lowest BCUT2D eigenvalue weighted by Crippen LogP contribution is -2.07. The molecule has 2 aromatic carbocycles. The summed E-state index contributed by atoms with van der Waals surface area (Å²) in [5.41, 5.74) is 1.98. The van der Waals surface area contributed by atoms with Crippen LogP contribution in [0, 0.1) is 0 Å². The number of benzene rings is 2. The van der Waals surface area contributed by atoms with Crippen LogP contribution >= 0.6 is 11.6 Å². The van der Waals surface area contributed by atoms with E-state index in [1.165, 1.54) is 24.3 Å². The molecular formula is C17H18ClNO4. The SMILES string of the molecule is CC(C)c1c(NCc2cc(O)ccc2O)ccc(C(=O)O)c1Cl. The summed E-state index contributed by atoms with van der Waals surface area (Å²) in [6, 6.07) is 7.38. The summed E-state index contributed by atoms with van der Waals surface area (Å²) in [7, 11) is 0. The van der Waals surface area contributed by atoms with Gasteiger partial charge in [-0.25, -0.2) is 4.79 Å². The molecule has 0 atom stereocenters. The Labute approximate surface area is 139 Å². The molecule has 122 valence electrons. The van der Waals surface area contributed by atoms with Crippen LogP contribution in [-0.4, -0.2) is 21.3 Å². The number of carboxylic acid groups (broad SMARTS) is 1. The molecule has 2 aromatic rings. The molecule has 6 heteroatoms. The van der Waals surface area contributed by atoms with E-state index >= 15 is 0 Å². The molecule has 0 fully saturated rings. The first-order chi connectivity index (χ1) is 10.8. The zero-order valence-electron chi connectivity index (χ0n) is 12.8. The highest BCUT2D eigenvalue weighted by Crippen LogP contribution is 2.35. The second kappa shape index (κ2) is 6.79. The molecule has 4 N–H and O–H groups in total. The number of rotatable bonds is 5. The largest absolute Gasteiger partial charge is 0.508 e. The fraction of sp³-hybridized carbons (Fsp3) is 0.235. The number of hydrogen-bond donors (Lipinski definition) is 4. The molecule has 0 heterocycles. The molecule has 0 unspecified atom stereocenters. The van der Waals surface area contributed by atoms with Gasteiger partial charge in [0.15, 0.2) is 0 Å². The lowest BCUT2D eigenvalue weighted by atomic mass is 9.98. The first-order valence-corrected chi connectivity index (χ1v) is 7.49. The molecule has 2 rings (SSSR count). The normalized spacial score (nSPS) is 10.8. The van der Waals surface area contributed by atoms with Crippen molar-refractivity contribution >= 4 is 23.3 Å². The number of halogens is 1. The van der Waals surface area contributed by atoms with Crippen molar-refractivity contribution in [3.05, 3.63) is 52.0 Å². The minimum atomic E-state index is -1.07. The summed E-state index contributed by atoms with van der Waals surface area (Å²) in [6.07, 6.45) is 0. The summed E-state index contributed by atoms with van der Waals surface area (Å²) in [6.45, 7) is 4.11. The third-order valence-corrected chi connectivity index (χ3v) is 3.93. The third-order valence-electron chi connectivity index (χ3n) is 3.52. The van der Waals surface area contributed by atoms with Crippen LogP contribution in [0.1, 0.15) is 41.3 Å². The Balaban J connectivity index is 2.34. The maximum Gasteiger partial charge on any atom is 0.337 e. The number of phenols is 2. The van der Waals surface area contributed by atoms with Crippen LogP contribution in [-0.2, 0) is 6.54 Å². The van der Waals surface area contributed by atoms with Gasteiger partial charge in [-0.3, -0.25) is 0 Å². The molecule has 23 heavy (non-hydrogen) atoms. The highest BCUT2D eigenvalue weighted by Gasteiger charge is 2.18. The van der Waals surface area contributed by atoms with Gasteiger partial charge in [0.25, 0.3) is 0 Å². The minimum Gasteiger partial charge on any atom is -0.508 e. The first kappa shape index (κ1) is 17.0. The second-order valence-corrected chi connectivity index (χ2v) is 5.89. The van der Waals surface area contributed by atoms with E-state index in [4.69, 9.17) is 11.6 Å². The van der Waals surface area contributed by atoms with Gasteiger partial charge in [0, 0.05) is 17.8 Å². The van der Waals surface area contributed by atoms with Gasteiger partial charge in [0.1, 0.15) is 11.5 Å². The maximum absolute atomic E-state index is 11.2. The Morgan fingerprint density at radius 2 is 1.91 bits per heavy atom. The predicted molar refractivity (Wildman–Crippen MR) is 89.6 cm³/mol. The Morgan fingerprint density at radius 3 is 2.52 bits per heavy atom. The number of nitrogens with one attached hydrogen (secondary N) is 1. The van der Waals surface area contributed by atoms with Crippen molar-refractivity contribution < 1.29 is 20.1 Å². The van der Waals surface area contributed by atoms with Crippen molar-refractivity contribution in [2.24, 2.45) is 0 Å². The van der Waals surface area contributed by atoms with Gasteiger partial charge in [-0.1, -0.05) is 25.4 Å².